The first-order chi connectivity index (χ1) is 51.3. The summed E-state index contributed by atoms with van der Waals surface area (Å²) >= 11 is 0. The third-order valence-corrected chi connectivity index (χ3v) is 17.1. The number of rotatable bonds is 55. The summed E-state index contributed by atoms with van der Waals surface area (Å²) in [4.78, 5) is 200. The number of carboxylic acid groups (broad SMARTS) is 3. The van der Waals surface area contributed by atoms with Crippen LogP contribution in [0.4, 0.5) is 11.6 Å². The van der Waals surface area contributed by atoms with Gasteiger partial charge in [0.25, 0.3) is 11.5 Å². The molecule has 0 aliphatic rings. The Kier molecular flexibility index (Phi) is 40.6. The molecule has 0 saturated heterocycles. The Labute approximate surface area is 618 Å². The number of aromatic nitrogens is 4. The smallest absolute Gasteiger partial charge is 0.326 e. The number of aliphatic hydroxyl groups excluding tert-OH is 15. The monoisotopic (exact) mass is 1560 g/mol. The molecule has 0 radical (unpaired) electrons. The maximum Gasteiger partial charge on any atom is 0.326 e. The molecule has 0 aliphatic heterocycles. The van der Waals surface area contributed by atoms with Crippen LogP contribution in [-0.2, 0) is 64.1 Å². The number of aldehydes is 1. The number of aliphatic hydroxyl groups is 15. The number of ketones is 3. The van der Waals surface area contributed by atoms with Crippen molar-refractivity contribution in [1.82, 2.24) is 51.8 Å². The molecule has 44 heteroatoms. The van der Waals surface area contributed by atoms with E-state index < -0.39 is 321 Å². The molecule has 1 aromatic carbocycles. The van der Waals surface area contributed by atoms with Gasteiger partial charge in [0.15, 0.2) is 22.7 Å². The second-order valence-electron chi connectivity index (χ2n) is 25.6. The number of nitrogens with one attached hydrogen (secondary N) is 8. The van der Waals surface area contributed by atoms with Crippen molar-refractivity contribution in [1.29, 1.82) is 0 Å². The molecule has 6 amide bonds. The summed E-state index contributed by atoms with van der Waals surface area (Å²) in [6.45, 7) is -5.55. The lowest BCUT2D eigenvalue weighted by Crippen LogP contribution is -2.50. The van der Waals surface area contributed by atoms with E-state index in [1.54, 1.807) is 0 Å². The average Bonchev–Trinajstić information content (AvgIpc) is 0.812. The number of fused-ring (bicyclic) bond motifs is 1. The highest BCUT2D eigenvalue weighted by Crippen LogP contribution is 2.23. The number of aliphatic carboxylic acids is 3. The van der Waals surface area contributed by atoms with Crippen LogP contribution in [0.5, 0.6) is 0 Å². The van der Waals surface area contributed by atoms with Crippen molar-refractivity contribution >= 4 is 99.8 Å². The highest BCUT2D eigenvalue weighted by Gasteiger charge is 2.37. The molecule has 0 bridgehead atoms. The molecule has 0 saturated carbocycles. The SMILES string of the molecule is Nc1nc2ncc(CNc3ccc(C(=O)N[C@@H](CCC(=O)C[C@@H](CCC(=O)NC[C@H](O)[C@@H](O)[C@H](O)[C@H](O)CO)C(=O)N[C@H](CCC(=O)O)C(=O)C[C@@H](CCC(=O)NC[C@H](O)[C@@H](O)[C@H](O)[C@H](O)CO)C(=O)N[C@H](CCC(=O)O)C(=O)C[C@H](C=O)CCC(=O)NC[C@H](O)[C@@H](O)[C@H](O)[C@H](O)CO)C(=O)O)cc3)nc2c(=O)[nH]1. The van der Waals surface area contributed by atoms with E-state index in [0.29, 0.717) is 11.4 Å². The average molecular weight is 1560 g/mol. The molecule has 0 fully saturated rings. The van der Waals surface area contributed by atoms with Crippen LogP contribution in [0, 0.1) is 17.8 Å². The summed E-state index contributed by atoms with van der Waals surface area (Å²) in [5, 5.41) is 194. The number of H-pyrrole nitrogens is 1. The Morgan fingerprint density at radius 1 is 0.486 bits per heavy atom. The lowest BCUT2D eigenvalue weighted by molar-refractivity contribution is -0.140. The molecular formula is C65H96N12O32. The Hall–Kier alpha value is -9.65. The van der Waals surface area contributed by atoms with Crippen molar-refractivity contribution in [3.05, 3.63) is 52.1 Å². The van der Waals surface area contributed by atoms with E-state index in [-0.39, 0.29) is 35.5 Å². The first kappa shape index (κ1) is 93.6. The zero-order chi connectivity index (χ0) is 81.9. The highest BCUT2D eigenvalue weighted by molar-refractivity contribution is 5.98. The van der Waals surface area contributed by atoms with Gasteiger partial charge < -0.3 is 140 Å². The second-order valence-corrected chi connectivity index (χ2v) is 25.6. The van der Waals surface area contributed by atoms with Crippen LogP contribution in [0.3, 0.4) is 0 Å². The number of Topliss-reactive ketones (excluding diaryl/α,β-unsaturated/α-hetero) is 3. The van der Waals surface area contributed by atoms with Crippen molar-refractivity contribution in [2.45, 2.75) is 194 Å². The number of amides is 6. The molecule has 109 heavy (non-hydrogen) atoms. The van der Waals surface area contributed by atoms with E-state index in [4.69, 9.17) is 21.1 Å². The summed E-state index contributed by atoms with van der Waals surface area (Å²) in [6.07, 6.45) is -34.3. The van der Waals surface area contributed by atoms with Gasteiger partial charge in [0.2, 0.25) is 35.5 Å². The maximum atomic E-state index is 14.6. The number of carboxylic acids is 3. The van der Waals surface area contributed by atoms with Gasteiger partial charge in [-0.2, -0.15) is 4.98 Å². The number of nitrogens with two attached hydrogens (primary N) is 1. The van der Waals surface area contributed by atoms with E-state index >= 15 is 0 Å². The Balaban J connectivity index is 1.96. The third kappa shape index (κ3) is 32.6. The summed E-state index contributed by atoms with van der Waals surface area (Å²) in [5.74, 6) is -19.6. The molecule has 28 N–H and O–H groups in total. The zero-order valence-corrected chi connectivity index (χ0v) is 58.6. The van der Waals surface area contributed by atoms with Crippen LogP contribution in [0.25, 0.3) is 11.2 Å². The number of hydrogen-bond donors (Lipinski definition) is 27. The first-order valence-electron chi connectivity index (χ1n) is 34.1. The summed E-state index contributed by atoms with van der Waals surface area (Å²) in [7, 11) is 0. The van der Waals surface area contributed by atoms with Gasteiger partial charge in [-0.15, -0.1) is 0 Å². The fourth-order valence-electron chi connectivity index (χ4n) is 10.5. The van der Waals surface area contributed by atoms with E-state index in [2.05, 4.69) is 57.2 Å². The molecule has 608 valence electrons. The van der Waals surface area contributed by atoms with Gasteiger partial charge in [-0.25, -0.2) is 14.8 Å². The number of nitrogen functional groups attached to an aromatic ring is 1. The van der Waals surface area contributed by atoms with E-state index in [0.717, 1.165) is 0 Å². The van der Waals surface area contributed by atoms with Crippen molar-refractivity contribution < 1.29 is 154 Å². The molecule has 44 nitrogen and oxygen atoms in total. The van der Waals surface area contributed by atoms with Gasteiger partial charge in [-0.1, -0.05) is 0 Å². The van der Waals surface area contributed by atoms with Crippen molar-refractivity contribution in [2.75, 3.05) is 50.5 Å². The first-order valence-corrected chi connectivity index (χ1v) is 34.1. The standard InChI is InChI=1S/C65H96N12O32/c66-65-76-59-52(63(107)77-65)72-34(21-71-59)20-67-33-6-2-30(3-7-33)60(104)75-38(64(108)109)9-8-35(82)18-31(4-13-48(92)69-23-42(86)54(99)57(102)45(89)27-80)61(105)74-37(11-16-51(96)97)40(84)19-32(5-14-49(93)70-24-43(87)55(100)58(103)46(90)28-81)62(106)73-36(10-15-50(94)95)39(83)17-29(25-78)1-12-47(91)68-22-41(85)53(98)56(101)44(88)26-79/h2-3,6-7,21,25,29,31-32,36-38,41-46,53-58,67,79-81,85-90,98-103H,1,4-5,8-20,22-24,26-28H2,(H,68,91)(H,69,92)(H,70,93)(H,73,106)(H,74,105)(H,75,104)(H,94,95)(H,96,97)(H,108,109)(H3,66,71,76,77,107)/t29-,31-,32-,36-,37-,38+,41+,42+,43+,44-,45-,46-,53-,54-,55-,56-,57-,58-/m1/s1. The van der Waals surface area contributed by atoms with Gasteiger partial charge in [0.05, 0.1) is 68.7 Å². The predicted molar refractivity (Wildman–Crippen MR) is 367 cm³/mol. The maximum absolute atomic E-state index is 14.6. The number of anilines is 2. The van der Waals surface area contributed by atoms with Gasteiger partial charge >= 0.3 is 17.9 Å². The fraction of sp³-hybridized carbons (Fsp3) is 0.615. The number of hydrogen-bond acceptors (Lipinski definition) is 34. The van der Waals surface area contributed by atoms with Gasteiger partial charge in [-0.05, 0) is 62.8 Å². The lowest BCUT2D eigenvalue weighted by atomic mass is 9.89. The van der Waals surface area contributed by atoms with Crippen molar-refractivity contribution in [3.63, 3.8) is 0 Å². The quantitative estimate of drug-likeness (QED) is 0.0233. The van der Waals surface area contributed by atoms with Gasteiger partial charge in [-0.3, -0.25) is 62.5 Å². The fourth-order valence-corrected chi connectivity index (χ4v) is 10.5. The molecular weight excluding hydrogens is 1460 g/mol. The minimum Gasteiger partial charge on any atom is -0.481 e. The topological polar surface area (TPSA) is 768 Å². The molecule has 3 aromatic rings. The van der Waals surface area contributed by atoms with Crippen molar-refractivity contribution in [2.24, 2.45) is 17.8 Å². The van der Waals surface area contributed by atoms with Crippen LogP contribution in [0.2, 0.25) is 0 Å². The number of nitrogens with zero attached hydrogens (tertiary/aromatic N) is 3. The minimum atomic E-state index is -2.18. The lowest BCUT2D eigenvalue weighted by Gasteiger charge is -2.26. The molecule has 0 spiro atoms. The second kappa shape index (κ2) is 47.3. The zero-order valence-electron chi connectivity index (χ0n) is 58.6. The minimum absolute atomic E-state index is 0.00195. The van der Waals surface area contributed by atoms with Gasteiger partial charge in [0, 0.05) is 106 Å². The number of aromatic amines is 1. The number of benzene rings is 1. The molecule has 2 heterocycles. The molecule has 18 atom stereocenters. The van der Waals surface area contributed by atoms with Crippen LogP contribution >= 0.6 is 0 Å². The number of carbonyl (C=O) groups excluding carboxylic acids is 10. The van der Waals surface area contributed by atoms with Gasteiger partial charge in [0.1, 0.15) is 73.0 Å². The van der Waals surface area contributed by atoms with Crippen molar-refractivity contribution in [3.8, 4) is 0 Å². The molecule has 3 rings (SSSR count). The summed E-state index contributed by atoms with van der Waals surface area (Å²) in [5.41, 5.74) is 5.49. The largest absolute Gasteiger partial charge is 0.481 e. The Morgan fingerprint density at radius 2 is 0.899 bits per heavy atom. The summed E-state index contributed by atoms with van der Waals surface area (Å²) < 4.78 is 0. The Bertz CT molecular complexity index is 3590. The predicted octanol–water partition coefficient (Wildman–Crippen LogP) is -10.5. The molecule has 0 aliphatic carbocycles. The number of carbonyl (C=O) groups is 13. The van der Waals surface area contributed by atoms with Crippen LogP contribution in [-0.4, -0.2) is 320 Å². The van der Waals surface area contributed by atoms with E-state index in [1.165, 1.54) is 30.5 Å². The molecule has 0 unspecified atom stereocenters. The normalized spacial score (nSPS) is 16.5. The molecule has 2 aromatic heterocycles. The Morgan fingerprint density at radius 3 is 1.32 bits per heavy atom. The summed E-state index contributed by atoms with van der Waals surface area (Å²) in [6, 6.07) is -0.117. The van der Waals surface area contributed by atoms with Crippen LogP contribution in [0.15, 0.2) is 35.3 Å². The van der Waals surface area contributed by atoms with E-state index in [1.807, 2.05) is 0 Å². The van der Waals surface area contributed by atoms with E-state index in [9.17, 15) is 144 Å². The highest BCUT2D eigenvalue weighted by atomic mass is 16.4. The third-order valence-electron chi connectivity index (χ3n) is 17.1. The van der Waals surface area contributed by atoms with Crippen LogP contribution in [0.1, 0.15) is 112 Å². The van der Waals surface area contributed by atoms with Crippen LogP contribution < -0.4 is 48.5 Å².